The van der Waals surface area contributed by atoms with Crippen LogP contribution < -0.4 is 4.74 Å². The van der Waals surface area contributed by atoms with Crippen molar-refractivity contribution in [3.05, 3.63) is 29.8 Å². The molecule has 1 unspecified atom stereocenters. The summed E-state index contributed by atoms with van der Waals surface area (Å²) < 4.78 is 5.83. The highest BCUT2D eigenvalue weighted by Gasteiger charge is 2.27. The van der Waals surface area contributed by atoms with Gasteiger partial charge in [-0.3, -0.25) is 0 Å². The number of hydrogen-bond acceptors (Lipinski definition) is 2. The van der Waals surface area contributed by atoms with E-state index in [0.29, 0.717) is 5.92 Å². The van der Waals surface area contributed by atoms with Gasteiger partial charge < -0.3 is 4.74 Å². The average Bonchev–Trinajstić information content (AvgIpc) is 2.72. The van der Waals surface area contributed by atoms with E-state index in [1.807, 2.05) is 0 Å². The molecule has 1 aliphatic rings. The predicted molar refractivity (Wildman–Crippen MR) is 114 cm³/mol. The van der Waals surface area contributed by atoms with Crippen molar-refractivity contribution in [2.24, 2.45) is 17.8 Å². The van der Waals surface area contributed by atoms with Crippen LogP contribution in [0.15, 0.2) is 24.3 Å². The summed E-state index contributed by atoms with van der Waals surface area (Å²) in [7, 11) is 0. The maximum atomic E-state index is 9.71. The van der Waals surface area contributed by atoms with Gasteiger partial charge in [-0.25, -0.2) is 0 Å². The van der Waals surface area contributed by atoms with Crippen molar-refractivity contribution < 1.29 is 4.74 Å². The fourth-order valence-electron chi connectivity index (χ4n) is 4.38. The summed E-state index contributed by atoms with van der Waals surface area (Å²) in [6.45, 7) is 5.31. The van der Waals surface area contributed by atoms with Crippen LogP contribution in [0, 0.1) is 29.1 Å². The normalized spacial score (nSPS) is 20.8. The first-order valence-electron chi connectivity index (χ1n) is 11.4. The van der Waals surface area contributed by atoms with E-state index in [9.17, 15) is 5.26 Å². The molecule has 2 nitrogen and oxygen atoms in total. The van der Waals surface area contributed by atoms with Gasteiger partial charge in [-0.05, 0) is 55.2 Å². The molecule has 1 aromatic rings. The maximum Gasteiger partial charge on any atom is 0.119 e. The lowest BCUT2D eigenvalue weighted by atomic mass is 9.73. The Morgan fingerprint density at radius 1 is 0.963 bits per heavy atom. The smallest absolute Gasteiger partial charge is 0.119 e. The van der Waals surface area contributed by atoms with Gasteiger partial charge in [0.25, 0.3) is 0 Å². The second-order valence-corrected chi connectivity index (χ2v) is 8.42. The molecule has 0 saturated heterocycles. The Hall–Kier alpha value is -1.49. The molecule has 150 valence electrons. The minimum atomic E-state index is 0.165. The van der Waals surface area contributed by atoms with Crippen molar-refractivity contribution in [3.63, 3.8) is 0 Å². The molecule has 2 heteroatoms. The Balaban J connectivity index is 1.75. The summed E-state index contributed by atoms with van der Waals surface area (Å²) in [5, 5.41) is 9.71. The molecule has 0 heterocycles. The number of nitriles is 1. The second kappa shape index (κ2) is 12.8. The van der Waals surface area contributed by atoms with E-state index in [1.165, 1.54) is 69.8 Å². The van der Waals surface area contributed by atoms with Gasteiger partial charge in [-0.15, -0.1) is 0 Å². The molecule has 1 aromatic carbocycles. The van der Waals surface area contributed by atoms with E-state index in [2.05, 4.69) is 44.2 Å². The number of unbranched alkanes of at least 4 members (excludes halogenated alkanes) is 4. The van der Waals surface area contributed by atoms with Crippen LogP contribution in [0.3, 0.4) is 0 Å². The molecule has 2 rings (SSSR count). The lowest BCUT2D eigenvalue weighted by molar-refractivity contribution is 0.221. The van der Waals surface area contributed by atoms with Crippen LogP contribution in [0.5, 0.6) is 5.75 Å². The standard InChI is InChI=1S/C25H39NO/c1-3-5-7-8-18-27-25-16-12-22(13-17-25)19-24(20-26)23-14-10-21(11-15-23)9-6-4-2/h12-13,16-17,21,23-24H,3-11,14-15,18-19H2,1-2H3. The Morgan fingerprint density at radius 2 is 1.67 bits per heavy atom. The topological polar surface area (TPSA) is 33.0 Å². The first-order chi connectivity index (χ1) is 13.3. The second-order valence-electron chi connectivity index (χ2n) is 8.42. The van der Waals surface area contributed by atoms with Crippen molar-refractivity contribution in [2.75, 3.05) is 6.61 Å². The van der Waals surface area contributed by atoms with Crippen LogP contribution in [0.2, 0.25) is 0 Å². The van der Waals surface area contributed by atoms with Crippen molar-refractivity contribution >= 4 is 0 Å². The molecule has 0 radical (unpaired) electrons. The fourth-order valence-corrected chi connectivity index (χ4v) is 4.38. The first-order valence-corrected chi connectivity index (χ1v) is 11.4. The van der Waals surface area contributed by atoms with E-state index < -0.39 is 0 Å². The Morgan fingerprint density at radius 3 is 2.30 bits per heavy atom. The van der Waals surface area contributed by atoms with Crippen LogP contribution in [-0.4, -0.2) is 6.61 Å². The molecule has 27 heavy (non-hydrogen) atoms. The highest BCUT2D eigenvalue weighted by Crippen LogP contribution is 2.36. The summed E-state index contributed by atoms with van der Waals surface area (Å²) >= 11 is 0. The molecule has 0 aliphatic heterocycles. The zero-order chi connectivity index (χ0) is 19.3. The molecule has 1 atom stereocenters. The molecule has 1 fully saturated rings. The van der Waals surface area contributed by atoms with Crippen LogP contribution in [0.1, 0.15) is 90.0 Å². The molecule has 0 spiro atoms. The number of benzene rings is 1. The summed E-state index contributed by atoms with van der Waals surface area (Å²) in [5.41, 5.74) is 1.27. The zero-order valence-corrected chi connectivity index (χ0v) is 17.6. The Labute approximate surface area is 167 Å². The van der Waals surface area contributed by atoms with Gasteiger partial charge >= 0.3 is 0 Å². The third-order valence-corrected chi connectivity index (χ3v) is 6.24. The fraction of sp³-hybridized carbons (Fsp3) is 0.720. The molecule has 0 aromatic heterocycles. The van der Waals surface area contributed by atoms with Gasteiger partial charge in [0.15, 0.2) is 0 Å². The minimum Gasteiger partial charge on any atom is -0.494 e. The van der Waals surface area contributed by atoms with Gasteiger partial charge in [0.2, 0.25) is 0 Å². The van der Waals surface area contributed by atoms with Crippen LogP contribution >= 0.6 is 0 Å². The van der Waals surface area contributed by atoms with Gasteiger partial charge in [0.1, 0.15) is 5.75 Å². The third kappa shape index (κ3) is 7.96. The first kappa shape index (κ1) is 21.8. The molecular formula is C25H39NO. The minimum absolute atomic E-state index is 0.165. The number of rotatable bonds is 12. The van der Waals surface area contributed by atoms with Crippen molar-refractivity contribution in [3.8, 4) is 11.8 Å². The van der Waals surface area contributed by atoms with Crippen LogP contribution in [0.4, 0.5) is 0 Å². The van der Waals surface area contributed by atoms with Crippen LogP contribution in [0.25, 0.3) is 0 Å². The van der Waals surface area contributed by atoms with Crippen molar-refractivity contribution in [1.82, 2.24) is 0 Å². The van der Waals surface area contributed by atoms with E-state index in [1.54, 1.807) is 0 Å². The molecule has 0 amide bonds. The monoisotopic (exact) mass is 369 g/mol. The van der Waals surface area contributed by atoms with E-state index in [0.717, 1.165) is 31.1 Å². The summed E-state index contributed by atoms with van der Waals surface area (Å²) in [5.74, 6) is 2.62. The highest BCUT2D eigenvalue weighted by atomic mass is 16.5. The van der Waals surface area contributed by atoms with Crippen LogP contribution in [-0.2, 0) is 6.42 Å². The van der Waals surface area contributed by atoms with E-state index >= 15 is 0 Å². The number of hydrogen-bond donors (Lipinski definition) is 0. The summed E-state index contributed by atoms with van der Waals surface area (Å²) in [6.07, 6.45) is 15.0. The number of ether oxygens (including phenoxy) is 1. The average molecular weight is 370 g/mol. The SMILES string of the molecule is CCCCCCOc1ccc(CC(C#N)C2CCC(CCCC)CC2)cc1. The molecular weight excluding hydrogens is 330 g/mol. The lowest BCUT2D eigenvalue weighted by Gasteiger charge is -2.31. The molecule has 0 N–H and O–H groups in total. The lowest BCUT2D eigenvalue weighted by Crippen LogP contribution is -2.22. The molecule has 0 bridgehead atoms. The Kier molecular flexibility index (Phi) is 10.4. The zero-order valence-electron chi connectivity index (χ0n) is 17.6. The summed E-state index contributed by atoms with van der Waals surface area (Å²) in [6, 6.07) is 11.1. The Bertz CT molecular complexity index is 536. The highest BCUT2D eigenvalue weighted by molar-refractivity contribution is 5.28. The molecule has 1 aliphatic carbocycles. The van der Waals surface area contributed by atoms with Crippen molar-refractivity contribution in [2.45, 2.75) is 90.9 Å². The van der Waals surface area contributed by atoms with Crippen molar-refractivity contribution in [1.29, 1.82) is 5.26 Å². The van der Waals surface area contributed by atoms with Gasteiger partial charge in [-0.2, -0.15) is 5.26 Å². The van der Waals surface area contributed by atoms with Gasteiger partial charge in [-0.1, -0.05) is 77.3 Å². The van der Waals surface area contributed by atoms with Gasteiger partial charge in [0, 0.05) is 0 Å². The largest absolute Gasteiger partial charge is 0.494 e. The number of nitrogens with zero attached hydrogens (tertiary/aromatic N) is 1. The molecule has 1 saturated carbocycles. The summed E-state index contributed by atoms with van der Waals surface area (Å²) in [4.78, 5) is 0. The maximum absolute atomic E-state index is 9.71. The van der Waals surface area contributed by atoms with Gasteiger partial charge in [0.05, 0.1) is 18.6 Å². The third-order valence-electron chi connectivity index (χ3n) is 6.24. The van der Waals surface area contributed by atoms with E-state index in [-0.39, 0.29) is 5.92 Å². The van der Waals surface area contributed by atoms with E-state index in [4.69, 9.17) is 4.74 Å². The predicted octanol–water partition coefficient (Wildman–Crippen LogP) is 7.32. The quantitative estimate of drug-likeness (QED) is 0.361.